The number of nitro groups is 1. The van der Waals surface area contributed by atoms with Gasteiger partial charge in [-0.3, -0.25) is 10.1 Å². The van der Waals surface area contributed by atoms with Gasteiger partial charge in [-0.05, 0) is 45.0 Å². The maximum absolute atomic E-state index is 12.5. The lowest BCUT2D eigenvalue weighted by Crippen LogP contribution is -2.40. The van der Waals surface area contributed by atoms with Gasteiger partial charge in [-0.2, -0.15) is 0 Å². The van der Waals surface area contributed by atoms with Crippen LogP contribution in [0.2, 0.25) is 0 Å². The standard InChI is InChI=1S/C19H23N3O6S/c1-19(2,3)21-29(25,26)14-8-9-15(16(10-14)22(23)24)20-11-13-12-27-17-6-4-5-7-18(17)28-13/h4-10,13,20-21H,11-12H2,1-3H3/t13-/m0/s1. The number of rotatable bonds is 6. The van der Waals surface area contributed by atoms with E-state index in [9.17, 15) is 18.5 Å². The number of sulfonamides is 1. The Morgan fingerprint density at radius 1 is 1.17 bits per heavy atom. The summed E-state index contributed by atoms with van der Waals surface area (Å²) in [5.41, 5.74) is -0.842. The lowest BCUT2D eigenvalue weighted by atomic mass is 10.1. The minimum atomic E-state index is -3.89. The molecule has 0 fully saturated rings. The zero-order valence-corrected chi connectivity index (χ0v) is 17.2. The first kappa shape index (κ1) is 20.9. The summed E-state index contributed by atoms with van der Waals surface area (Å²) < 4.78 is 38.9. The number of nitrogens with zero attached hydrogens (tertiary/aromatic N) is 1. The summed E-state index contributed by atoms with van der Waals surface area (Å²) in [6.45, 7) is 5.62. The van der Waals surface area contributed by atoms with Crippen LogP contribution in [0.25, 0.3) is 0 Å². The molecule has 0 saturated carbocycles. The summed E-state index contributed by atoms with van der Waals surface area (Å²) in [7, 11) is -3.89. The fraction of sp³-hybridized carbons (Fsp3) is 0.368. The number of nitro benzene ring substituents is 1. The van der Waals surface area contributed by atoms with Crippen LogP contribution in [0.3, 0.4) is 0 Å². The largest absolute Gasteiger partial charge is 0.486 e. The number of para-hydroxylation sites is 2. The number of anilines is 1. The van der Waals surface area contributed by atoms with E-state index in [0.29, 0.717) is 18.1 Å². The van der Waals surface area contributed by atoms with Crippen molar-refractivity contribution >= 4 is 21.4 Å². The van der Waals surface area contributed by atoms with Crippen molar-refractivity contribution < 1.29 is 22.8 Å². The second kappa shape index (κ2) is 7.88. The fourth-order valence-electron chi connectivity index (χ4n) is 2.83. The summed E-state index contributed by atoms with van der Waals surface area (Å²) in [5, 5.41) is 14.5. The monoisotopic (exact) mass is 421 g/mol. The molecule has 2 aromatic rings. The zero-order chi connectivity index (χ0) is 21.2. The summed E-state index contributed by atoms with van der Waals surface area (Å²) in [6, 6.07) is 11.0. The Kier molecular flexibility index (Phi) is 5.67. The van der Waals surface area contributed by atoms with Crippen molar-refractivity contribution in [2.24, 2.45) is 0 Å². The van der Waals surface area contributed by atoms with E-state index in [-0.39, 0.29) is 28.9 Å². The molecule has 0 spiro atoms. The molecule has 0 saturated heterocycles. The van der Waals surface area contributed by atoms with Crippen LogP contribution in [-0.2, 0) is 10.0 Å². The predicted molar refractivity (Wildman–Crippen MR) is 108 cm³/mol. The normalized spacial score (nSPS) is 16.3. The Morgan fingerprint density at radius 2 is 1.86 bits per heavy atom. The number of nitrogens with one attached hydrogen (secondary N) is 2. The number of hydrogen-bond donors (Lipinski definition) is 2. The van der Waals surface area contributed by atoms with Crippen LogP contribution in [0.5, 0.6) is 11.5 Å². The van der Waals surface area contributed by atoms with Crippen LogP contribution in [-0.4, -0.2) is 38.1 Å². The Bertz CT molecular complexity index is 1020. The van der Waals surface area contributed by atoms with Crippen LogP contribution in [0.1, 0.15) is 20.8 Å². The molecule has 2 N–H and O–H groups in total. The molecule has 0 radical (unpaired) electrons. The first-order valence-corrected chi connectivity index (χ1v) is 10.5. The third-order valence-electron chi connectivity index (χ3n) is 4.00. The zero-order valence-electron chi connectivity index (χ0n) is 16.3. The van der Waals surface area contributed by atoms with Gasteiger partial charge in [-0.15, -0.1) is 0 Å². The molecule has 3 rings (SSSR count). The van der Waals surface area contributed by atoms with Gasteiger partial charge in [0.15, 0.2) is 11.5 Å². The molecule has 0 aliphatic carbocycles. The van der Waals surface area contributed by atoms with Crippen LogP contribution in [0, 0.1) is 10.1 Å². The third-order valence-corrected chi connectivity index (χ3v) is 5.76. The van der Waals surface area contributed by atoms with Crippen molar-refractivity contribution in [2.75, 3.05) is 18.5 Å². The van der Waals surface area contributed by atoms with Gasteiger partial charge in [-0.25, -0.2) is 13.1 Å². The molecule has 1 heterocycles. The predicted octanol–water partition coefficient (Wildman–Crippen LogP) is 2.92. The van der Waals surface area contributed by atoms with Gasteiger partial charge in [0.2, 0.25) is 10.0 Å². The minimum absolute atomic E-state index is 0.171. The maximum atomic E-state index is 12.5. The van der Waals surface area contributed by atoms with E-state index in [4.69, 9.17) is 9.47 Å². The van der Waals surface area contributed by atoms with Gasteiger partial charge in [0.05, 0.1) is 16.4 Å². The molecular formula is C19H23N3O6S. The molecule has 29 heavy (non-hydrogen) atoms. The summed E-state index contributed by atoms with van der Waals surface area (Å²) in [5.74, 6) is 1.25. The minimum Gasteiger partial charge on any atom is -0.486 e. The lowest BCUT2D eigenvalue weighted by Gasteiger charge is -2.26. The molecule has 1 aliphatic heterocycles. The summed E-state index contributed by atoms with van der Waals surface area (Å²) in [6.07, 6.45) is -0.351. The lowest BCUT2D eigenvalue weighted by molar-refractivity contribution is -0.384. The number of ether oxygens (including phenoxy) is 2. The Labute approximate surface area is 169 Å². The average Bonchev–Trinajstić information content (AvgIpc) is 2.64. The number of fused-ring (bicyclic) bond motifs is 1. The van der Waals surface area contributed by atoms with Gasteiger partial charge in [-0.1, -0.05) is 12.1 Å². The van der Waals surface area contributed by atoms with E-state index >= 15 is 0 Å². The highest BCUT2D eigenvalue weighted by Gasteiger charge is 2.26. The van der Waals surface area contributed by atoms with Crippen LogP contribution in [0.15, 0.2) is 47.4 Å². The molecule has 1 aliphatic rings. The summed E-state index contributed by atoms with van der Waals surface area (Å²) in [4.78, 5) is 10.7. The molecule has 156 valence electrons. The highest BCUT2D eigenvalue weighted by molar-refractivity contribution is 7.89. The van der Waals surface area contributed by atoms with Gasteiger partial charge < -0.3 is 14.8 Å². The third kappa shape index (κ3) is 5.15. The van der Waals surface area contributed by atoms with Crippen LogP contribution < -0.4 is 19.5 Å². The molecule has 10 heteroatoms. The fourth-order valence-corrected chi connectivity index (χ4v) is 4.27. The van der Waals surface area contributed by atoms with E-state index in [1.807, 2.05) is 12.1 Å². The second-order valence-corrected chi connectivity index (χ2v) is 9.35. The number of hydrogen-bond acceptors (Lipinski definition) is 7. The van der Waals surface area contributed by atoms with Crippen molar-refractivity contribution in [3.63, 3.8) is 0 Å². The first-order chi connectivity index (χ1) is 13.5. The quantitative estimate of drug-likeness (QED) is 0.543. The van der Waals surface area contributed by atoms with Gasteiger partial charge >= 0.3 is 0 Å². The smallest absolute Gasteiger partial charge is 0.293 e. The van der Waals surface area contributed by atoms with E-state index in [1.54, 1.807) is 32.9 Å². The van der Waals surface area contributed by atoms with E-state index < -0.39 is 20.5 Å². The van der Waals surface area contributed by atoms with E-state index in [2.05, 4.69) is 10.0 Å². The van der Waals surface area contributed by atoms with Crippen molar-refractivity contribution in [3.8, 4) is 11.5 Å². The molecule has 0 bridgehead atoms. The number of benzene rings is 2. The molecule has 0 amide bonds. The van der Waals surface area contributed by atoms with Gasteiger partial charge in [0.25, 0.3) is 5.69 Å². The molecule has 1 atom stereocenters. The molecule has 9 nitrogen and oxygen atoms in total. The first-order valence-electron chi connectivity index (χ1n) is 9.00. The molecule has 0 aromatic heterocycles. The van der Waals surface area contributed by atoms with Crippen molar-refractivity contribution in [2.45, 2.75) is 37.3 Å². The highest BCUT2D eigenvalue weighted by atomic mass is 32.2. The second-order valence-electron chi connectivity index (χ2n) is 7.67. The SMILES string of the molecule is CC(C)(C)NS(=O)(=O)c1ccc(NC[C@H]2COc3ccccc3O2)c([N+](=O)[O-])c1. The Morgan fingerprint density at radius 3 is 2.52 bits per heavy atom. The Balaban J connectivity index is 1.76. The average molecular weight is 421 g/mol. The van der Waals surface area contributed by atoms with Gasteiger partial charge in [0, 0.05) is 11.6 Å². The molecular weight excluding hydrogens is 398 g/mol. The van der Waals surface area contributed by atoms with E-state index in [1.165, 1.54) is 12.1 Å². The highest BCUT2D eigenvalue weighted by Crippen LogP contribution is 2.32. The van der Waals surface area contributed by atoms with Gasteiger partial charge in [0.1, 0.15) is 18.4 Å². The molecule has 2 aromatic carbocycles. The molecule has 0 unspecified atom stereocenters. The van der Waals surface area contributed by atoms with Crippen molar-refractivity contribution in [1.82, 2.24) is 4.72 Å². The topological polar surface area (TPSA) is 120 Å². The van der Waals surface area contributed by atoms with Crippen molar-refractivity contribution in [3.05, 3.63) is 52.6 Å². The van der Waals surface area contributed by atoms with E-state index in [0.717, 1.165) is 6.07 Å². The van der Waals surface area contributed by atoms with Crippen LogP contribution in [0.4, 0.5) is 11.4 Å². The maximum Gasteiger partial charge on any atom is 0.293 e. The van der Waals surface area contributed by atoms with Crippen molar-refractivity contribution in [1.29, 1.82) is 0 Å². The Hall–Kier alpha value is -2.85. The summed E-state index contributed by atoms with van der Waals surface area (Å²) >= 11 is 0. The van der Waals surface area contributed by atoms with Crippen LogP contribution >= 0.6 is 0 Å².